The Morgan fingerprint density at radius 2 is 1.00 bits per heavy atom. The molecule has 47 heavy (non-hydrogen) atoms. The molecular formula is C45H31NO. The van der Waals surface area contributed by atoms with Crippen LogP contribution in [0.15, 0.2) is 156 Å². The van der Waals surface area contributed by atoms with Crippen molar-refractivity contribution < 1.29 is 4.42 Å². The van der Waals surface area contributed by atoms with E-state index in [9.17, 15) is 0 Å². The number of para-hydroxylation sites is 1. The van der Waals surface area contributed by atoms with E-state index in [-0.39, 0.29) is 5.41 Å². The van der Waals surface area contributed by atoms with Gasteiger partial charge in [0, 0.05) is 33.2 Å². The van der Waals surface area contributed by atoms with Crippen LogP contribution in [-0.2, 0) is 5.41 Å². The van der Waals surface area contributed by atoms with E-state index in [1.165, 1.54) is 54.6 Å². The van der Waals surface area contributed by atoms with Gasteiger partial charge in [-0.25, -0.2) is 0 Å². The third kappa shape index (κ3) is 3.79. The van der Waals surface area contributed by atoms with Crippen molar-refractivity contribution in [1.82, 2.24) is 0 Å². The largest absolute Gasteiger partial charge is 0.456 e. The molecule has 0 unspecified atom stereocenters. The molecule has 2 nitrogen and oxygen atoms in total. The van der Waals surface area contributed by atoms with Crippen molar-refractivity contribution in [2.24, 2.45) is 0 Å². The summed E-state index contributed by atoms with van der Waals surface area (Å²) in [7, 11) is 0. The lowest BCUT2D eigenvalue weighted by molar-refractivity contribution is 0.660. The van der Waals surface area contributed by atoms with E-state index in [2.05, 4.69) is 158 Å². The van der Waals surface area contributed by atoms with Gasteiger partial charge in [0.15, 0.2) is 0 Å². The van der Waals surface area contributed by atoms with Crippen LogP contribution in [0.5, 0.6) is 0 Å². The van der Waals surface area contributed by atoms with E-state index in [0.29, 0.717) is 0 Å². The van der Waals surface area contributed by atoms with Gasteiger partial charge in [-0.3, -0.25) is 0 Å². The second-order valence-corrected chi connectivity index (χ2v) is 13.4. The van der Waals surface area contributed by atoms with Crippen molar-refractivity contribution in [3.63, 3.8) is 0 Å². The Labute approximate surface area is 273 Å². The van der Waals surface area contributed by atoms with Crippen LogP contribution in [0.1, 0.15) is 25.0 Å². The number of anilines is 3. The molecule has 0 saturated heterocycles. The van der Waals surface area contributed by atoms with Crippen LogP contribution in [0, 0.1) is 0 Å². The monoisotopic (exact) mass is 601 g/mol. The molecule has 10 rings (SSSR count). The first-order chi connectivity index (χ1) is 23.0. The van der Waals surface area contributed by atoms with Gasteiger partial charge in [-0.05, 0) is 103 Å². The fourth-order valence-electron chi connectivity index (χ4n) is 8.10. The molecule has 8 aromatic carbocycles. The topological polar surface area (TPSA) is 16.4 Å². The molecule has 0 radical (unpaired) electrons. The molecule has 0 saturated carbocycles. The molecule has 222 valence electrons. The Morgan fingerprint density at radius 3 is 1.89 bits per heavy atom. The van der Waals surface area contributed by atoms with Crippen LogP contribution in [-0.4, -0.2) is 0 Å². The zero-order valence-electron chi connectivity index (χ0n) is 26.3. The standard InChI is InChI=1S/C45H31NO/c1-45(2)41-13-7-5-11-37(41)39-26-31(18-23-42(39)45)46(32-19-24-44-40(27-32)38-12-6-8-14-43(38)47-44)30-17-22-34-29(25-30)16-21-35-33-10-4-3-9-28(33)15-20-36(34)35/h3-27H,1-2H3. The number of nitrogens with zero attached hydrogens (tertiary/aromatic N) is 1. The van der Waals surface area contributed by atoms with Gasteiger partial charge in [-0.2, -0.15) is 0 Å². The molecule has 0 atom stereocenters. The summed E-state index contributed by atoms with van der Waals surface area (Å²) in [6.07, 6.45) is 0. The fraction of sp³-hybridized carbons (Fsp3) is 0.0667. The van der Waals surface area contributed by atoms with E-state index < -0.39 is 0 Å². The van der Waals surface area contributed by atoms with Gasteiger partial charge in [0.2, 0.25) is 0 Å². The average Bonchev–Trinajstić information content (AvgIpc) is 3.59. The van der Waals surface area contributed by atoms with E-state index in [0.717, 1.165) is 39.0 Å². The number of benzene rings is 8. The first-order valence-electron chi connectivity index (χ1n) is 16.3. The average molecular weight is 602 g/mol. The van der Waals surface area contributed by atoms with Crippen molar-refractivity contribution in [3.05, 3.63) is 163 Å². The van der Waals surface area contributed by atoms with E-state index in [4.69, 9.17) is 4.42 Å². The van der Waals surface area contributed by atoms with Gasteiger partial charge < -0.3 is 9.32 Å². The quantitative estimate of drug-likeness (QED) is 0.187. The summed E-state index contributed by atoms with van der Waals surface area (Å²) in [5.41, 5.74) is 10.5. The fourth-order valence-corrected chi connectivity index (χ4v) is 8.10. The highest BCUT2D eigenvalue weighted by Gasteiger charge is 2.35. The number of hydrogen-bond donors (Lipinski definition) is 0. The zero-order chi connectivity index (χ0) is 31.3. The van der Waals surface area contributed by atoms with Crippen LogP contribution in [0.3, 0.4) is 0 Å². The van der Waals surface area contributed by atoms with Crippen molar-refractivity contribution in [2.45, 2.75) is 19.3 Å². The Hall–Kier alpha value is -5.86. The molecule has 0 N–H and O–H groups in total. The highest BCUT2D eigenvalue weighted by Crippen LogP contribution is 2.51. The first kappa shape index (κ1) is 26.4. The van der Waals surface area contributed by atoms with Gasteiger partial charge in [0.05, 0.1) is 0 Å². The third-order valence-corrected chi connectivity index (χ3v) is 10.4. The van der Waals surface area contributed by atoms with Crippen LogP contribution in [0.2, 0.25) is 0 Å². The minimum absolute atomic E-state index is 0.0436. The molecule has 1 aliphatic rings. The third-order valence-electron chi connectivity index (χ3n) is 10.4. The summed E-state index contributed by atoms with van der Waals surface area (Å²) >= 11 is 0. The molecule has 9 aromatic rings. The molecular weight excluding hydrogens is 571 g/mol. The van der Waals surface area contributed by atoms with E-state index in [1.54, 1.807) is 0 Å². The second kappa shape index (κ2) is 9.57. The lowest BCUT2D eigenvalue weighted by Gasteiger charge is -2.27. The van der Waals surface area contributed by atoms with E-state index in [1.807, 2.05) is 12.1 Å². The predicted molar refractivity (Wildman–Crippen MR) is 198 cm³/mol. The molecule has 1 heterocycles. The smallest absolute Gasteiger partial charge is 0.135 e. The molecule has 2 heteroatoms. The highest BCUT2D eigenvalue weighted by molar-refractivity contribution is 6.17. The Balaban J connectivity index is 1.21. The lowest BCUT2D eigenvalue weighted by Crippen LogP contribution is -2.15. The summed E-state index contributed by atoms with van der Waals surface area (Å²) in [4.78, 5) is 2.40. The SMILES string of the molecule is CC1(C)c2ccccc2-c2cc(N(c3ccc4c(ccc5c6ccccc6ccc45)c3)c3ccc4oc5ccccc5c4c3)ccc21. The van der Waals surface area contributed by atoms with Gasteiger partial charge in [0.25, 0.3) is 0 Å². The maximum Gasteiger partial charge on any atom is 0.135 e. The van der Waals surface area contributed by atoms with Gasteiger partial charge >= 0.3 is 0 Å². The normalized spacial score (nSPS) is 13.5. The summed E-state index contributed by atoms with van der Waals surface area (Å²) < 4.78 is 6.23. The molecule has 0 amide bonds. The van der Waals surface area contributed by atoms with E-state index >= 15 is 0 Å². The Kier molecular flexibility index (Phi) is 5.37. The summed E-state index contributed by atoms with van der Waals surface area (Å²) in [6.45, 7) is 4.67. The van der Waals surface area contributed by atoms with Crippen molar-refractivity contribution >= 4 is 71.3 Å². The van der Waals surface area contributed by atoms with Gasteiger partial charge in [0.1, 0.15) is 11.2 Å². The molecule has 0 aliphatic heterocycles. The minimum atomic E-state index is -0.0436. The number of rotatable bonds is 3. The van der Waals surface area contributed by atoms with Crippen LogP contribution >= 0.6 is 0 Å². The summed E-state index contributed by atoms with van der Waals surface area (Å²) in [6, 6.07) is 55.4. The summed E-state index contributed by atoms with van der Waals surface area (Å²) in [5.74, 6) is 0. The molecule has 1 aliphatic carbocycles. The van der Waals surface area contributed by atoms with Crippen LogP contribution in [0.25, 0.3) is 65.4 Å². The Morgan fingerprint density at radius 1 is 0.404 bits per heavy atom. The summed E-state index contributed by atoms with van der Waals surface area (Å²) in [5, 5.41) is 9.86. The number of furan rings is 1. The van der Waals surface area contributed by atoms with Gasteiger partial charge in [-0.1, -0.05) is 117 Å². The maximum atomic E-state index is 6.23. The number of hydrogen-bond acceptors (Lipinski definition) is 2. The maximum absolute atomic E-state index is 6.23. The zero-order valence-corrected chi connectivity index (χ0v) is 26.3. The lowest BCUT2D eigenvalue weighted by atomic mass is 9.82. The van der Waals surface area contributed by atoms with Crippen molar-refractivity contribution in [3.8, 4) is 11.1 Å². The second-order valence-electron chi connectivity index (χ2n) is 13.4. The van der Waals surface area contributed by atoms with Crippen molar-refractivity contribution in [1.29, 1.82) is 0 Å². The van der Waals surface area contributed by atoms with Crippen LogP contribution < -0.4 is 4.90 Å². The first-order valence-corrected chi connectivity index (χ1v) is 16.3. The Bertz CT molecular complexity index is 2730. The molecule has 1 aromatic heterocycles. The molecule has 0 bridgehead atoms. The minimum Gasteiger partial charge on any atom is -0.456 e. The van der Waals surface area contributed by atoms with Gasteiger partial charge in [-0.15, -0.1) is 0 Å². The predicted octanol–water partition coefficient (Wildman–Crippen LogP) is 12.8. The highest BCUT2D eigenvalue weighted by atomic mass is 16.3. The van der Waals surface area contributed by atoms with Crippen LogP contribution in [0.4, 0.5) is 17.1 Å². The molecule has 0 spiro atoms. The molecule has 0 fully saturated rings. The van der Waals surface area contributed by atoms with Crippen molar-refractivity contribution in [2.75, 3.05) is 4.90 Å². The number of fused-ring (bicyclic) bond motifs is 11.